The predicted octanol–water partition coefficient (Wildman–Crippen LogP) is 1.12. The minimum Gasteiger partial charge on any atom is -0.389 e. The van der Waals surface area contributed by atoms with E-state index < -0.39 is 0 Å². The number of hydrogen-bond acceptors (Lipinski definition) is 3. The van der Waals surface area contributed by atoms with Crippen molar-refractivity contribution in [1.29, 1.82) is 0 Å². The fourth-order valence-corrected chi connectivity index (χ4v) is 1.92. The third-order valence-corrected chi connectivity index (χ3v) is 3.02. The number of rotatable bonds is 7. The normalized spacial score (nSPS) is 19.7. The summed E-state index contributed by atoms with van der Waals surface area (Å²) in [5.74, 6) is 0.879. The van der Waals surface area contributed by atoms with Gasteiger partial charge in [-0.05, 0) is 25.3 Å². The molecule has 3 heteroatoms. The molecule has 0 bridgehead atoms. The van der Waals surface area contributed by atoms with E-state index in [9.17, 15) is 5.11 Å². The van der Waals surface area contributed by atoms with E-state index in [1.54, 1.807) is 7.11 Å². The Hall–Kier alpha value is -0.120. The second kappa shape index (κ2) is 6.38. The van der Waals surface area contributed by atoms with Gasteiger partial charge in [0, 0.05) is 20.2 Å². The van der Waals surface area contributed by atoms with Gasteiger partial charge in [0.15, 0.2) is 0 Å². The van der Waals surface area contributed by atoms with Crippen molar-refractivity contribution in [3.63, 3.8) is 0 Å². The lowest BCUT2D eigenvalue weighted by molar-refractivity contribution is 0.0318. The van der Waals surface area contributed by atoms with Crippen LogP contribution in [0.3, 0.4) is 0 Å². The number of aliphatic hydroxyl groups excluding tert-OH is 1. The molecule has 84 valence electrons. The number of nitrogens with zero attached hydrogens (tertiary/aromatic N) is 1. The maximum absolute atomic E-state index is 9.59. The van der Waals surface area contributed by atoms with Gasteiger partial charge < -0.3 is 14.7 Å². The van der Waals surface area contributed by atoms with Crippen LogP contribution in [0.25, 0.3) is 0 Å². The largest absolute Gasteiger partial charge is 0.389 e. The maximum atomic E-state index is 9.59. The lowest BCUT2D eigenvalue weighted by Crippen LogP contribution is -2.39. The monoisotopic (exact) mass is 201 g/mol. The van der Waals surface area contributed by atoms with Gasteiger partial charge in [-0.15, -0.1) is 0 Å². The molecular formula is C11H23NO2. The summed E-state index contributed by atoms with van der Waals surface area (Å²) in [6.07, 6.45) is 3.80. The lowest BCUT2D eigenvalue weighted by Gasteiger charge is -2.32. The zero-order valence-corrected chi connectivity index (χ0v) is 9.41. The molecule has 1 rings (SSSR count). The molecule has 0 amide bonds. The van der Waals surface area contributed by atoms with E-state index >= 15 is 0 Å². The minimum atomic E-state index is -0.333. The van der Waals surface area contributed by atoms with Crippen molar-refractivity contribution in [2.45, 2.75) is 32.3 Å². The Balaban J connectivity index is 2.15. The molecule has 14 heavy (non-hydrogen) atoms. The van der Waals surface area contributed by atoms with Crippen molar-refractivity contribution in [2.75, 3.05) is 33.4 Å². The molecule has 1 atom stereocenters. The highest BCUT2D eigenvalue weighted by Crippen LogP contribution is 2.26. The fraction of sp³-hybridized carbons (Fsp3) is 1.00. The number of ether oxygens (including phenoxy) is 1. The third-order valence-electron chi connectivity index (χ3n) is 3.02. The van der Waals surface area contributed by atoms with Crippen LogP contribution < -0.4 is 0 Å². The van der Waals surface area contributed by atoms with E-state index in [4.69, 9.17) is 4.74 Å². The van der Waals surface area contributed by atoms with Gasteiger partial charge >= 0.3 is 0 Å². The van der Waals surface area contributed by atoms with Gasteiger partial charge in [-0.25, -0.2) is 0 Å². The molecular weight excluding hydrogens is 178 g/mol. The highest BCUT2D eigenvalue weighted by molar-refractivity contribution is 4.74. The summed E-state index contributed by atoms with van der Waals surface area (Å²) < 4.78 is 4.92. The highest BCUT2D eigenvalue weighted by Gasteiger charge is 2.21. The summed E-state index contributed by atoms with van der Waals surface area (Å²) in [7, 11) is 1.63. The van der Waals surface area contributed by atoms with Crippen LogP contribution in [0, 0.1) is 5.92 Å². The Morgan fingerprint density at radius 2 is 2.21 bits per heavy atom. The first kappa shape index (κ1) is 12.0. The van der Waals surface area contributed by atoms with Crippen molar-refractivity contribution >= 4 is 0 Å². The van der Waals surface area contributed by atoms with Crippen LogP contribution in [0.4, 0.5) is 0 Å². The van der Waals surface area contributed by atoms with E-state index in [2.05, 4.69) is 11.8 Å². The second-order valence-corrected chi connectivity index (χ2v) is 4.26. The molecule has 0 aromatic rings. The third kappa shape index (κ3) is 3.95. The number of likely N-dealkylation sites (N-methyl/N-ethyl adjacent to an activating group) is 1. The Bertz CT molecular complexity index is 148. The molecule has 1 fully saturated rings. The second-order valence-electron chi connectivity index (χ2n) is 4.26. The van der Waals surface area contributed by atoms with Crippen molar-refractivity contribution in [1.82, 2.24) is 4.90 Å². The fourth-order valence-electron chi connectivity index (χ4n) is 1.92. The Labute approximate surface area is 87.1 Å². The molecule has 3 nitrogen and oxygen atoms in total. The first-order valence-corrected chi connectivity index (χ1v) is 5.65. The minimum absolute atomic E-state index is 0.333. The molecule has 1 N–H and O–H groups in total. The molecule has 1 aliphatic carbocycles. The van der Waals surface area contributed by atoms with Crippen LogP contribution in [0.1, 0.15) is 26.2 Å². The molecule has 1 aliphatic rings. The first-order valence-electron chi connectivity index (χ1n) is 5.65. The molecule has 0 radical (unpaired) electrons. The summed E-state index contributed by atoms with van der Waals surface area (Å²) in [4.78, 5) is 2.33. The predicted molar refractivity (Wildman–Crippen MR) is 57.3 cm³/mol. The zero-order valence-electron chi connectivity index (χ0n) is 9.41. The van der Waals surface area contributed by atoms with Gasteiger partial charge in [0.1, 0.15) is 0 Å². The molecule has 0 heterocycles. The molecule has 1 saturated carbocycles. The zero-order chi connectivity index (χ0) is 10.4. The van der Waals surface area contributed by atoms with E-state index in [0.29, 0.717) is 6.61 Å². The Kier molecular flexibility index (Phi) is 5.45. The lowest BCUT2D eigenvalue weighted by atomic mass is 9.85. The average Bonchev–Trinajstić information content (AvgIpc) is 2.09. The van der Waals surface area contributed by atoms with Crippen molar-refractivity contribution in [2.24, 2.45) is 5.92 Å². The SMILES string of the molecule is CCN(CC(O)COC)CC1CCC1. The number of methoxy groups -OCH3 is 1. The van der Waals surface area contributed by atoms with Crippen LogP contribution in [0.5, 0.6) is 0 Å². The topological polar surface area (TPSA) is 32.7 Å². The molecule has 0 aliphatic heterocycles. The van der Waals surface area contributed by atoms with Gasteiger partial charge in [0.2, 0.25) is 0 Å². The Morgan fingerprint density at radius 3 is 2.64 bits per heavy atom. The molecule has 0 aromatic heterocycles. The summed E-state index contributed by atoms with van der Waals surface area (Å²) in [6, 6.07) is 0. The van der Waals surface area contributed by atoms with E-state index in [1.807, 2.05) is 0 Å². The Morgan fingerprint density at radius 1 is 1.50 bits per heavy atom. The van der Waals surface area contributed by atoms with Gasteiger partial charge in [-0.1, -0.05) is 13.3 Å². The van der Waals surface area contributed by atoms with E-state index in [-0.39, 0.29) is 6.10 Å². The molecule has 0 spiro atoms. The van der Waals surface area contributed by atoms with Gasteiger partial charge in [0.05, 0.1) is 12.7 Å². The van der Waals surface area contributed by atoms with Crippen LogP contribution in [0.15, 0.2) is 0 Å². The summed E-state index contributed by atoms with van der Waals surface area (Å²) in [5, 5.41) is 9.59. The van der Waals surface area contributed by atoms with Crippen LogP contribution in [-0.4, -0.2) is 49.5 Å². The molecule has 0 aromatic carbocycles. The van der Waals surface area contributed by atoms with Crippen molar-refractivity contribution < 1.29 is 9.84 Å². The quantitative estimate of drug-likeness (QED) is 0.670. The first-order chi connectivity index (χ1) is 6.76. The average molecular weight is 201 g/mol. The van der Waals surface area contributed by atoms with Gasteiger partial charge in [0.25, 0.3) is 0 Å². The number of aliphatic hydroxyl groups is 1. The van der Waals surface area contributed by atoms with Crippen LogP contribution in [0.2, 0.25) is 0 Å². The van der Waals surface area contributed by atoms with Crippen molar-refractivity contribution in [3.8, 4) is 0 Å². The smallest absolute Gasteiger partial charge is 0.0900 e. The molecule has 1 unspecified atom stereocenters. The van der Waals surface area contributed by atoms with Crippen LogP contribution >= 0.6 is 0 Å². The van der Waals surface area contributed by atoms with Gasteiger partial charge in [-0.2, -0.15) is 0 Å². The summed E-state index contributed by atoms with van der Waals surface area (Å²) in [6.45, 7) is 5.52. The highest BCUT2D eigenvalue weighted by atomic mass is 16.5. The summed E-state index contributed by atoms with van der Waals surface area (Å²) in [5.41, 5.74) is 0. The molecule has 0 saturated heterocycles. The number of hydrogen-bond donors (Lipinski definition) is 1. The van der Waals surface area contributed by atoms with Crippen LogP contribution in [-0.2, 0) is 4.74 Å². The van der Waals surface area contributed by atoms with E-state index in [0.717, 1.165) is 25.6 Å². The standard InChI is InChI=1S/C11H23NO2/c1-3-12(7-10-5-4-6-10)8-11(13)9-14-2/h10-11,13H,3-9H2,1-2H3. The van der Waals surface area contributed by atoms with E-state index in [1.165, 1.54) is 19.3 Å². The van der Waals surface area contributed by atoms with Gasteiger partial charge in [-0.3, -0.25) is 0 Å². The summed E-state index contributed by atoms with van der Waals surface area (Å²) >= 11 is 0. The maximum Gasteiger partial charge on any atom is 0.0900 e. The van der Waals surface area contributed by atoms with Crippen molar-refractivity contribution in [3.05, 3.63) is 0 Å².